The number of fused-ring (bicyclic) bond motifs is 1. The van der Waals surface area contributed by atoms with Crippen LogP contribution in [0.5, 0.6) is 17.2 Å². The SMILES string of the molecule is CCCOc1ccc(/C=N/NC(=O)COc2ccc3ccccc3c2)c(OCCC)c1. The Morgan fingerprint density at radius 1 is 0.871 bits per heavy atom. The Labute approximate surface area is 182 Å². The lowest BCUT2D eigenvalue weighted by atomic mass is 10.1. The molecule has 0 spiro atoms. The van der Waals surface area contributed by atoms with Crippen LogP contribution in [0.3, 0.4) is 0 Å². The number of amides is 1. The van der Waals surface area contributed by atoms with E-state index in [0.717, 1.165) is 34.9 Å². The Hall–Kier alpha value is -3.54. The fourth-order valence-electron chi connectivity index (χ4n) is 2.88. The standard InChI is InChI=1S/C25H28N2O4/c1-3-13-29-23-12-10-21(24(16-23)30-14-4-2)17-26-27-25(28)18-31-22-11-9-19-7-5-6-8-20(19)15-22/h5-12,15-17H,3-4,13-14,18H2,1-2H3,(H,27,28)/b26-17+. The molecule has 0 heterocycles. The van der Waals surface area contributed by atoms with Crippen LogP contribution in [-0.2, 0) is 4.79 Å². The number of carbonyl (C=O) groups is 1. The molecule has 0 aliphatic rings. The van der Waals surface area contributed by atoms with Crippen molar-refractivity contribution >= 4 is 22.9 Å². The van der Waals surface area contributed by atoms with Gasteiger partial charge in [-0.1, -0.05) is 44.2 Å². The fourth-order valence-corrected chi connectivity index (χ4v) is 2.88. The second kappa shape index (κ2) is 11.6. The maximum Gasteiger partial charge on any atom is 0.277 e. The van der Waals surface area contributed by atoms with Crippen LogP contribution in [0.2, 0.25) is 0 Å². The molecule has 0 saturated carbocycles. The van der Waals surface area contributed by atoms with Crippen LogP contribution in [0.4, 0.5) is 0 Å². The molecule has 31 heavy (non-hydrogen) atoms. The molecule has 0 aliphatic heterocycles. The maximum atomic E-state index is 12.1. The summed E-state index contributed by atoms with van der Waals surface area (Å²) in [6, 6.07) is 19.3. The lowest BCUT2D eigenvalue weighted by Crippen LogP contribution is -2.24. The van der Waals surface area contributed by atoms with E-state index in [1.54, 1.807) is 6.21 Å². The first-order valence-electron chi connectivity index (χ1n) is 10.5. The van der Waals surface area contributed by atoms with E-state index >= 15 is 0 Å². The quantitative estimate of drug-likeness (QED) is 0.352. The predicted molar refractivity (Wildman–Crippen MR) is 123 cm³/mol. The van der Waals surface area contributed by atoms with Crippen molar-refractivity contribution in [2.24, 2.45) is 5.10 Å². The number of rotatable bonds is 11. The molecular weight excluding hydrogens is 392 g/mol. The number of hydrogen-bond acceptors (Lipinski definition) is 5. The Morgan fingerprint density at radius 3 is 2.39 bits per heavy atom. The molecule has 1 amide bonds. The molecular formula is C25H28N2O4. The van der Waals surface area contributed by atoms with Gasteiger partial charge >= 0.3 is 0 Å². The zero-order valence-electron chi connectivity index (χ0n) is 18.0. The zero-order chi connectivity index (χ0) is 21.9. The van der Waals surface area contributed by atoms with Gasteiger partial charge < -0.3 is 14.2 Å². The van der Waals surface area contributed by atoms with E-state index in [9.17, 15) is 4.79 Å². The second-order valence-corrected chi connectivity index (χ2v) is 6.99. The number of hydrazone groups is 1. The van der Waals surface area contributed by atoms with Gasteiger partial charge in [0.15, 0.2) is 6.61 Å². The summed E-state index contributed by atoms with van der Waals surface area (Å²) in [6.45, 7) is 5.21. The van der Waals surface area contributed by atoms with Gasteiger partial charge in [0.2, 0.25) is 0 Å². The van der Waals surface area contributed by atoms with Crippen molar-refractivity contribution in [3.05, 3.63) is 66.2 Å². The highest BCUT2D eigenvalue weighted by Crippen LogP contribution is 2.24. The van der Waals surface area contributed by atoms with E-state index in [2.05, 4.69) is 17.5 Å². The predicted octanol–water partition coefficient (Wildman–Crippen LogP) is 4.95. The monoisotopic (exact) mass is 420 g/mol. The van der Waals surface area contributed by atoms with Crippen molar-refractivity contribution in [3.63, 3.8) is 0 Å². The van der Waals surface area contributed by atoms with Crippen molar-refractivity contribution in [1.82, 2.24) is 5.43 Å². The van der Waals surface area contributed by atoms with Crippen LogP contribution >= 0.6 is 0 Å². The molecule has 6 nitrogen and oxygen atoms in total. The van der Waals surface area contributed by atoms with Crippen molar-refractivity contribution in [1.29, 1.82) is 0 Å². The van der Waals surface area contributed by atoms with Crippen molar-refractivity contribution < 1.29 is 19.0 Å². The van der Waals surface area contributed by atoms with Gasteiger partial charge in [0.1, 0.15) is 17.2 Å². The Kier molecular flexibility index (Phi) is 8.29. The minimum absolute atomic E-state index is 0.126. The van der Waals surface area contributed by atoms with E-state index < -0.39 is 0 Å². The second-order valence-electron chi connectivity index (χ2n) is 6.99. The number of ether oxygens (including phenoxy) is 3. The normalized spacial score (nSPS) is 10.9. The first kappa shape index (κ1) is 22.2. The smallest absolute Gasteiger partial charge is 0.277 e. The molecule has 0 saturated heterocycles. The van der Waals surface area contributed by atoms with E-state index in [-0.39, 0.29) is 12.5 Å². The number of nitrogens with zero attached hydrogens (tertiary/aromatic N) is 1. The van der Waals surface area contributed by atoms with Gasteiger partial charge in [-0.2, -0.15) is 5.10 Å². The minimum atomic E-state index is -0.344. The topological polar surface area (TPSA) is 69.2 Å². The number of carbonyl (C=O) groups excluding carboxylic acids is 1. The Balaban J connectivity index is 1.56. The van der Waals surface area contributed by atoms with E-state index in [4.69, 9.17) is 14.2 Å². The van der Waals surface area contributed by atoms with Gasteiger partial charge in [-0.05, 0) is 47.9 Å². The van der Waals surface area contributed by atoms with Crippen molar-refractivity contribution in [2.75, 3.05) is 19.8 Å². The highest BCUT2D eigenvalue weighted by atomic mass is 16.5. The van der Waals surface area contributed by atoms with Crippen molar-refractivity contribution in [2.45, 2.75) is 26.7 Å². The third-order valence-electron chi connectivity index (χ3n) is 4.40. The average molecular weight is 421 g/mol. The maximum absolute atomic E-state index is 12.1. The zero-order valence-corrected chi connectivity index (χ0v) is 18.0. The Morgan fingerprint density at radius 2 is 1.58 bits per heavy atom. The fraction of sp³-hybridized carbons (Fsp3) is 0.280. The molecule has 0 fully saturated rings. The van der Waals surface area contributed by atoms with Crippen LogP contribution in [0.1, 0.15) is 32.3 Å². The molecule has 0 bridgehead atoms. The molecule has 3 rings (SSSR count). The third kappa shape index (κ3) is 6.74. The molecule has 1 N–H and O–H groups in total. The van der Waals surface area contributed by atoms with Gasteiger partial charge in [0.05, 0.1) is 19.4 Å². The summed E-state index contributed by atoms with van der Waals surface area (Å²) in [4.78, 5) is 12.1. The third-order valence-corrected chi connectivity index (χ3v) is 4.40. The molecule has 0 unspecified atom stereocenters. The first-order chi connectivity index (χ1) is 15.2. The van der Waals surface area contributed by atoms with E-state index in [1.807, 2.05) is 67.6 Å². The van der Waals surface area contributed by atoms with E-state index in [1.165, 1.54) is 0 Å². The minimum Gasteiger partial charge on any atom is -0.493 e. The molecule has 0 radical (unpaired) electrons. The number of hydrogen-bond donors (Lipinski definition) is 1. The largest absolute Gasteiger partial charge is 0.493 e. The lowest BCUT2D eigenvalue weighted by molar-refractivity contribution is -0.123. The number of benzene rings is 3. The van der Waals surface area contributed by atoms with Gasteiger partial charge in [0.25, 0.3) is 5.91 Å². The van der Waals surface area contributed by atoms with Gasteiger partial charge in [-0.25, -0.2) is 5.43 Å². The molecule has 162 valence electrons. The summed E-state index contributed by atoms with van der Waals surface area (Å²) in [5.41, 5.74) is 3.25. The Bertz CT molecular complexity index is 1030. The van der Waals surface area contributed by atoms with Gasteiger partial charge in [-0.15, -0.1) is 0 Å². The molecule has 0 atom stereocenters. The average Bonchev–Trinajstić information content (AvgIpc) is 2.80. The van der Waals surface area contributed by atoms with E-state index in [0.29, 0.717) is 24.7 Å². The van der Waals surface area contributed by atoms with Gasteiger partial charge in [0, 0.05) is 11.6 Å². The summed E-state index contributed by atoms with van der Waals surface area (Å²) < 4.78 is 17.0. The number of nitrogens with one attached hydrogen (secondary N) is 1. The van der Waals surface area contributed by atoms with Crippen LogP contribution < -0.4 is 19.6 Å². The summed E-state index contributed by atoms with van der Waals surface area (Å²) in [5.74, 6) is 1.71. The molecule has 0 aliphatic carbocycles. The van der Waals surface area contributed by atoms with Crippen LogP contribution in [0.15, 0.2) is 65.8 Å². The summed E-state index contributed by atoms with van der Waals surface area (Å²) in [6.07, 6.45) is 3.38. The van der Waals surface area contributed by atoms with Crippen molar-refractivity contribution in [3.8, 4) is 17.2 Å². The van der Waals surface area contributed by atoms with Gasteiger partial charge in [-0.3, -0.25) is 4.79 Å². The van der Waals surface area contributed by atoms with Crippen LogP contribution in [0, 0.1) is 0 Å². The summed E-state index contributed by atoms with van der Waals surface area (Å²) >= 11 is 0. The molecule has 6 heteroatoms. The highest BCUT2D eigenvalue weighted by molar-refractivity contribution is 5.86. The summed E-state index contributed by atoms with van der Waals surface area (Å²) in [5, 5.41) is 6.22. The van der Waals surface area contributed by atoms with Crippen LogP contribution in [-0.4, -0.2) is 31.9 Å². The first-order valence-corrected chi connectivity index (χ1v) is 10.5. The summed E-state index contributed by atoms with van der Waals surface area (Å²) in [7, 11) is 0. The highest BCUT2D eigenvalue weighted by Gasteiger charge is 2.06. The molecule has 0 aromatic heterocycles. The lowest BCUT2D eigenvalue weighted by Gasteiger charge is -2.11. The van der Waals surface area contributed by atoms with Crippen LogP contribution in [0.25, 0.3) is 10.8 Å². The molecule has 3 aromatic carbocycles. The molecule has 3 aromatic rings.